The normalized spacial score (nSPS) is 10.5. The van der Waals surface area contributed by atoms with E-state index in [0.717, 1.165) is 16.7 Å². The van der Waals surface area contributed by atoms with Crippen molar-refractivity contribution in [2.45, 2.75) is 26.3 Å². The Labute approximate surface area is 116 Å². The molecule has 0 saturated carbocycles. The SMILES string of the molecule is COC(=O)CCC(=O)NCc1ccc2oc(C)nc2c1. The fourth-order valence-electron chi connectivity index (χ4n) is 1.80. The summed E-state index contributed by atoms with van der Waals surface area (Å²) in [6.07, 6.45) is 0.210. The number of aryl methyl sites for hydroxylation is 1. The molecule has 1 heterocycles. The molecule has 0 unspecified atom stereocenters. The van der Waals surface area contributed by atoms with Crippen LogP contribution in [0.4, 0.5) is 0 Å². The van der Waals surface area contributed by atoms with Crippen LogP contribution < -0.4 is 5.32 Å². The van der Waals surface area contributed by atoms with Gasteiger partial charge in [0.25, 0.3) is 0 Å². The Kier molecular flexibility index (Phi) is 4.34. The second kappa shape index (κ2) is 6.18. The third-order valence-corrected chi connectivity index (χ3v) is 2.83. The summed E-state index contributed by atoms with van der Waals surface area (Å²) >= 11 is 0. The molecule has 1 aromatic heterocycles. The summed E-state index contributed by atoms with van der Waals surface area (Å²) in [6, 6.07) is 5.56. The summed E-state index contributed by atoms with van der Waals surface area (Å²) in [6.45, 7) is 2.18. The third kappa shape index (κ3) is 3.57. The molecule has 1 amide bonds. The first-order valence-electron chi connectivity index (χ1n) is 6.28. The molecule has 0 bridgehead atoms. The molecule has 20 heavy (non-hydrogen) atoms. The molecule has 6 nitrogen and oxygen atoms in total. The van der Waals surface area contributed by atoms with Gasteiger partial charge in [-0.15, -0.1) is 0 Å². The van der Waals surface area contributed by atoms with E-state index in [1.807, 2.05) is 18.2 Å². The Morgan fingerprint density at radius 1 is 1.35 bits per heavy atom. The molecule has 0 aliphatic rings. The number of hydrogen-bond acceptors (Lipinski definition) is 5. The molecule has 2 aromatic rings. The smallest absolute Gasteiger partial charge is 0.306 e. The molecule has 0 saturated heterocycles. The summed E-state index contributed by atoms with van der Waals surface area (Å²) in [5.74, 6) is 0.0331. The number of oxazole rings is 1. The number of hydrogen-bond donors (Lipinski definition) is 1. The second-order valence-corrected chi connectivity index (χ2v) is 4.39. The van der Waals surface area contributed by atoms with Crippen molar-refractivity contribution in [3.05, 3.63) is 29.7 Å². The van der Waals surface area contributed by atoms with Crippen LogP contribution in [-0.4, -0.2) is 24.0 Å². The minimum Gasteiger partial charge on any atom is -0.469 e. The largest absolute Gasteiger partial charge is 0.469 e. The molecular weight excluding hydrogens is 260 g/mol. The fraction of sp³-hybridized carbons (Fsp3) is 0.357. The van der Waals surface area contributed by atoms with E-state index in [9.17, 15) is 9.59 Å². The maximum absolute atomic E-state index is 11.6. The van der Waals surface area contributed by atoms with E-state index in [1.54, 1.807) is 6.92 Å². The number of carbonyl (C=O) groups excluding carboxylic acids is 2. The topological polar surface area (TPSA) is 81.4 Å². The zero-order valence-corrected chi connectivity index (χ0v) is 11.4. The quantitative estimate of drug-likeness (QED) is 0.841. The number of carbonyl (C=O) groups is 2. The monoisotopic (exact) mass is 276 g/mol. The predicted octanol–water partition coefficient (Wildman–Crippen LogP) is 1.71. The van der Waals surface area contributed by atoms with Crippen LogP contribution in [0.1, 0.15) is 24.3 Å². The summed E-state index contributed by atoms with van der Waals surface area (Å²) in [5, 5.41) is 2.74. The molecule has 0 aliphatic carbocycles. The van der Waals surface area contributed by atoms with Crippen LogP contribution in [0.3, 0.4) is 0 Å². The molecule has 0 radical (unpaired) electrons. The van der Waals surface area contributed by atoms with Gasteiger partial charge in [0.1, 0.15) is 5.52 Å². The Morgan fingerprint density at radius 2 is 2.15 bits per heavy atom. The number of amides is 1. The minimum atomic E-state index is -0.389. The summed E-state index contributed by atoms with van der Waals surface area (Å²) < 4.78 is 9.85. The van der Waals surface area contributed by atoms with Crippen molar-refractivity contribution in [2.24, 2.45) is 0 Å². The second-order valence-electron chi connectivity index (χ2n) is 4.39. The van der Waals surface area contributed by atoms with Gasteiger partial charge in [0, 0.05) is 19.9 Å². The molecule has 106 valence electrons. The third-order valence-electron chi connectivity index (χ3n) is 2.83. The summed E-state index contributed by atoms with van der Waals surface area (Å²) in [5.41, 5.74) is 2.42. The molecule has 0 fully saturated rings. The molecule has 6 heteroatoms. The van der Waals surface area contributed by atoms with E-state index in [4.69, 9.17) is 4.42 Å². The lowest BCUT2D eigenvalue weighted by Gasteiger charge is -2.04. The number of benzene rings is 1. The van der Waals surface area contributed by atoms with Crippen molar-refractivity contribution in [3.8, 4) is 0 Å². The van der Waals surface area contributed by atoms with Crippen molar-refractivity contribution in [3.63, 3.8) is 0 Å². The van der Waals surface area contributed by atoms with Crippen LogP contribution in [-0.2, 0) is 20.9 Å². The van der Waals surface area contributed by atoms with Gasteiger partial charge in [-0.3, -0.25) is 9.59 Å². The number of rotatable bonds is 5. The molecule has 0 aliphatic heterocycles. The minimum absolute atomic E-state index is 0.0872. The van der Waals surface area contributed by atoms with Gasteiger partial charge in [-0.05, 0) is 17.7 Å². The van der Waals surface area contributed by atoms with E-state index < -0.39 is 0 Å². The van der Waals surface area contributed by atoms with Crippen molar-refractivity contribution >= 4 is 23.0 Å². The first-order valence-corrected chi connectivity index (χ1v) is 6.28. The Bertz CT molecular complexity index is 633. The van der Waals surface area contributed by atoms with Crippen molar-refractivity contribution in [2.75, 3.05) is 7.11 Å². The van der Waals surface area contributed by atoms with Crippen LogP contribution >= 0.6 is 0 Å². The van der Waals surface area contributed by atoms with Gasteiger partial charge in [-0.25, -0.2) is 4.98 Å². The lowest BCUT2D eigenvalue weighted by Crippen LogP contribution is -2.23. The summed E-state index contributed by atoms with van der Waals surface area (Å²) in [4.78, 5) is 26.7. The number of methoxy groups -OCH3 is 1. The zero-order valence-electron chi connectivity index (χ0n) is 11.4. The van der Waals surface area contributed by atoms with Gasteiger partial charge in [0.05, 0.1) is 13.5 Å². The van der Waals surface area contributed by atoms with E-state index in [2.05, 4.69) is 15.0 Å². The first-order chi connectivity index (χ1) is 9.58. The number of nitrogens with zero attached hydrogens (tertiary/aromatic N) is 1. The number of fused-ring (bicyclic) bond motifs is 1. The molecule has 0 atom stereocenters. The van der Waals surface area contributed by atoms with Crippen molar-refractivity contribution < 1.29 is 18.7 Å². The molecule has 1 aromatic carbocycles. The van der Waals surface area contributed by atoms with Gasteiger partial charge < -0.3 is 14.5 Å². The van der Waals surface area contributed by atoms with Crippen LogP contribution in [0.25, 0.3) is 11.1 Å². The average Bonchev–Trinajstić information content (AvgIpc) is 2.81. The lowest BCUT2D eigenvalue weighted by atomic mass is 10.2. The summed E-state index contributed by atoms with van der Waals surface area (Å²) in [7, 11) is 1.30. The van der Waals surface area contributed by atoms with Gasteiger partial charge in [-0.1, -0.05) is 6.07 Å². The van der Waals surface area contributed by atoms with E-state index in [-0.39, 0.29) is 24.7 Å². The highest BCUT2D eigenvalue weighted by molar-refractivity contribution is 5.81. The van der Waals surface area contributed by atoms with E-state index in [0.29, 0.717) is 12.4 Å². The van der Waals surface area contributed by atoms with Crippen LogP contribution in [0.2, 0.25) is 0 Å². The highest BCUT2D eigenvalue weighted by Crippen LogP contribution is 2.16. The number of esters is 1. The van der Waals surface area contributed by atoms with Gasteiger partial charge >= 0.3 is 5.97 Å². The number of ether oxygens (including phenoxy) is 1. The maximum Gasteiger partial charge on any atom is 0.306 e. The average molecular weight is 276 g/mol. The van der Waals surface area contributed by atoms with Crippen LogP contribution in [0.5, 0.6) is 0 Å². The van der Waals surface area contributed by atoms with Crippen LogP contribution in [0.15, 0.2) is 22.6 Å². The molecular formula is C14H16N2O4. The predicted molar refractivity (Wildman–Crippen MR) is 71.8 cm³/mol. The van der Waals surface area contributed by atoms with Gasteiger partial charge in [0.2, 0.25) is 5.91 Å². The highest BCUT2D eigenvalue weighted by Gasteiger charge is 2.07. The zero-order chi connectivity index (χ0) is 14.5. The van der Waals surface area contributed by atoms with Gasteiger partial charge in [-0.2, -0.15) is 0 Å². The molecule has 2 rings (SSSR count). The molecule has 0 spiro atoms. The fourth-order valence-corrected chi connectivity index (χ4v) is 1.80. The van der Waals surface area contributed by atoms with Crippen molar-refractivity contribution in [1.82, 2.24) is 10.3 Å². The molecule has 1 N–H and O–H groups in total. The van der Waals surface area contributed by atoms with Crippen molar-refractivity contribution in [1.29, 1.82) is 0 Å². The van der Waals surface area contributed by atoms with E-state index in [1.165, 1.54) is 7.11 Å². The number of aromatic nitrogens is 1. The van der Waals surface area contributed by atoms with E-state index >= 15 is 0 Å². The highest BCUT2D eigenvalue weighted by atomic mass is 16.5. The standard InChI is InChI=1S/C14H16N2O4/c1-9-16-11-7-10(3-4-12(11)20-9)8-15-13(17)5-6-14(18)19-2/h3-4,7H,5-6,8H2,1-2H3,(H,15,17). The maximum atomic E-state index is 11.6. The Morgan fingerprint density at radius 3 is 2.90 bits per heavy atom. The lowest BCUT2D eigenvalue weighted by molar-refractivity contribution is -0.142. The van der Waals surface area contributed by atoms with Crippen LogP contribution in [0, 0.1) is 6.92 Å². The first kappa shape index (κ1) is 14.0. The Hall–Kier alpha value is -2.37. The Balaban J connectivity index is 1.88. The van der Waals surface area contributed by atoms with Gasteiger partial charge in [0.15, 0.2) is 11.5 Å². The number of nitrogens with one attached hydrogen (secondary N) is 1.